The van der Waals surface area contributed by atoms with Crippen LogP contribution in [0.3, 0.4) is 0 Å². The van der Waals surface area contributed by atoms with Crippen LogP contribution in [0.15, 0.2) is 29.1 Å². The molecule has 2 aromatic rings. The summed E-state index contributed by atoms with van der Waals surface area (Å²) in [5.74, 6) is -0.531. The van der Waals surface area contributed by atoms with Gasteiger partial charge in [0.25, 0.3) is 11.8 Å². The van der Waals surface area contributed by atoms with E-state index < -0.39 is 5.91 Å². The van der Waals surface area contributed by atoms with Gasteiger partial charge in [0.1, 0.15) is 0 Å². The second-order valence-electron chi connectivity index (χ2n) is 8.06. The monoisotopic (exact) mass is 413 g/mol. The Morgan fingerprint density at radius 1 is 1.17 bits per heavy atom. The van der Waals surface area contributed by atoms with Gasteiger partial charge in [0.15, 0.2) is 11.5 Å². The van der Waals surface area contributed by atoms with E-state index in [0.29, 0.717) is 32.5 Å². The number of nitrogens with one attached hydrogen (secondary N) is 1. The number of H-pyrrole nitrogens is 1. The van der Waals surface area contributed by atoms with Gasteiger partial charge in [0, 0.05) is 44.0 Å². The Morgan fingerprint density at radius 3 is 2.70 bits per heavy atom. The molecule has 0 aromatic carbocycles. The molecule has 2 atom stereocenters. The Labute approximate surface area is 174 Å². The van der Waals surface area contributed by atoms with E-state index in [1.807, 2.05) is 4.90 Å². The highest BCUT2D eigenvalue weighted by atomic mass is 16.4. The number of aromatic nitrogens is 2. The lowest BCUT2D eigenvalue weighted by atomic mass is 9.83. The molecule has 1 aliphatic carbocycles. The van der Waals surface area contributed by atoms with Crippen molar-refractivity contribution >= 4 is 17.7 Å². The first-order valence-corrected chi connectivity index (χ1v) is 10.5. The van der Waals surface area contributed by atoms with Gasteiger partial charge in [-0.05, 0) is 37.3 Å². The number of fused-ring (bicyclic) bond motifs is 1. The molecule has 0 spiro atoms. The highest BCUT2D eigenvalue weighted by Gasteiger charge is 2.38. The van der Waals surface area contributed by atoms with Crippen LogP contribution in [0.5, 0.6) is 0 Å². The summed E-state index contributed by atoms with van der Waals surface area (Å²) in [6.45, 7) is 1.52. The van der Waals surface area contributed by atoms with Gasteiger partial charge in [0.2, 0.25) is 5.91 Å². The standard InChI is InChI=1S/C21H27N5O4/c22-20(28)17-6-7-18(30-17)21(29)25-9-10-26(16-4-2-1-3-14(16)12-25)19(27)8-5-15-11-23-13-24-15/h6-7,11,13-14,16H,1-5,8-10,12H2,(H2,22,28)(H,23,24). The summed E-state index contributed by atoms with van der Waals surface area (Å²) in [5, 5.41) is 0. The first kappa shape index (κ1) is 20.2. The fraction of sp³-hybridized carbons (Fsp3) is 0.524. The minimum Gasteiger partial charge on any atom is -0.446 e. The molecule has 9 nitrogen and oxygen atoms in total. The molecule has 3 heterocycles. The number of carbonyl (C=O) groups is 3. The fourth-order valence-corrected chi connectivity index (χ4v) is 4.62. The van der Waals surface area contributed by atoms with E-state index >= 15 is 0 Å². The summed E-state index contributed by atoms with van der Waals surface area (Å²) >= 11 is 0. The van der Waals surface area contributed by atoms with Gasteiger partial charge in [-0.15, -0.1) is 0 Å². The van der Waals surface area contributed by atoms with Crippen LogP contribution in [-0.4, -0.2) is 63.2 Å². The van der Waals surface area contributed by atoms with Crippen molar-refractivity contribution in [1.29, 1.82) is 0 Å². The van der Waals surface area contributed by atoms with Crippen molar-refractivity contribution in [1.82, 2.24) is 19.8 Å². The number of imidazole rings is 1. The maximum atomic E-state index is 13.0. The Morgan fingerprint density at radius 2 is 1.97 bits per heavy atom. The van der Waals surface area contributed by atoms with Crippen LogP contribution < -0.4 is 5.73 Å². The zero-order chi connectivity index (χ0) is 21.1. The number of amides is 3. The number of rotatable bonds is 5. The summed E-state index contributed by atoms with van der Waals surface area (Å²) in [6.07, 6.45) is 8.55. The summed E-state index contributed by atoms with van der Waals surface area (Å²) in [5.41, 5.74) is 6.17. The quantitative estimate of drug-likeness (QED) is 0.770. The third kappa shape index (κ3) is 4.24. The number of nitrogens with zero attached hydrogens (tertiary/aromatic N) is 3. The van der Waals surface area contributed by atoms with Gasteiger partial charge in [0.05, 0.1) is 6.33 Å². The van der Waals surface area contributed by atoms with Gasteiger partial charge >= 0.3 is 0 Å². The van der Waals surface area contributed by atoms with Crippen LogP contribution in [0.2, 0.25) is 0 Å². The topological polar surface area (TPSA) is 126 Å². The molecule has 1 saturated carbocycles. The SMILES string of the molecule is NC(=O)c1ccc(C(=O)N2CCN(C(=O)CCc3cnc[nH]3)C3CCCCC3C2)o1. The number of furan rings is 1. The second-order valence-corrected chi connectivity index (χ2v) is 8.06. The second kappa shape index (κ2) is 8.73. The van der Waals surface area contributed by atoms with Gasteiger partial charge < -0.3 is 24.9 Å². The Balaban J connectivity index is 1.47. The maximum absolute atomic E-state index is 13.0. The van der Waals surface area contributed by atoms with Crippen LogP contribution in [-0.2, 0) is 11.2 Å². The van der Waals surface area contributed by atoms with Crippen molar-refractivity contribution in [3.05, 3.63) is 41.9 Å². The minimum atomic E-state index is -0.703. The van der Waals surface area contributed by atoms with Crippen molar-refractivity contribution in [3.63, 3.8) is 0 Å². The Hall–Kier alpha value is -3.10. The molecule has 2 fully saturated rings. The average molecular weight is 413 g/mol. The molecule has 3 N–H and O–H groups in total. The van der Waals surface area contributed by atoms with Crippen molar-refractivity contribution in [2.75, 3.05) is 19.6 Å². The largest absolute Gasteiger partial charge is 0.446 e. The molecule has 1 saturated heterocycles. The van der Waals surface area contributed by atoms with Gasteiger partial charge in [-0.3, -0.25) is 14.4 Å². The van der Waals surface area contributed by atoms with Crippen molar-refractivity contribution in [2.24, 2.45) is 11.7 Å². The number of hydrogen-bond acceptors (Lipinski definition) is 5. The van der Waals surface area contributed by atoms with Crippen LogP contribution >= 0.6 is 0 Å². The van der Waals surface area contributed by atoms with E-state index in [-0.39, 0.29) is 35.3 Å². The highest BCUT2D eigenvalue weighted by molar-refractivity contribution is 5.95. The van der Waals surface area contributed by atoms with E-state index in [1.54, 1.807) is 17.4 Å². The maximum Gasteiger partial charge on any atom is 0.289 e. The first-order valence-electron chi connectivity index (χ1n) is 10.5. The molecule has 9 heteroatoms. The molecule has 0 bridgehead atoms. The Bertz CT molecular complexity index is 906. The van der Waals surface area contributed by atoms with Crippen molar-refractivity contribution < 1.29 is 18.8 Å². The molecule has 2 aliphatic rings. The van der Waals surface area contributed by atoms with E-state index in [1.165, 1.54) is 12.1 Å². The molecule has 2 aromatic heterocycles. The first-order chi connectivity index (χ1) is 14.5. The summed E-state index contributed by atoms with van der Waals surface area (Å²) < 4.78 is 5.34. The normalized spacial score (nSPS) is 21.7. The minimum absolute atomic E-state index is 0.0284. The van der Waals surface area contributed by atoms with E-state index in [2.05, 4.69) is 9.97 Å². The van der Waals surface area contributed by atoms with Crippen LogP contribution in [0.1, 0.15) is 58.9 Å². The third-order valence-corrected chi connectivity index (χ3v) is 6.17. The lowest BCUT2D eigenvalue weighted by Gasteiger charge is -2.38. The van der Waals surface area contributed by atoms with E-state index in [4.69, 9.17) is 10.2 Å². The summed E-state index contributed by atoms with van der Waals surface area (Å²) in [6, 6.07) is 3.06. The molecule has 30 heavy (non-hydrogen) atoms. The Kier molecular flexibility index (Phi) is 5.87. The van der Waals surface area contributed by atoms with Gasteiger partial charge in [-0.2, -0.15) is 0 Å². The molecule has 0 radical (unpaired) electrons. The van der Waals surface area contributed by atoms with Gasteiger partial charge in [-0.25, -0.2) is 4.98 Å². The number of hydrogen-bond donors (Lipinski definition) is 2. The average Bonchev–Trinajstić information content (AvgIpc) is 3.40. The molecule has 2 unspecified atom stereocenters. The molecule has 4 rings (SSSR count). The molecular weight excluding hydrogens is 386 g/mol. The van der Waals surface area contributed by atoms with Crippen molar-refractivity contribution in [3.8, 4) is 0 Å². The molecule has 3 amide bonds. The zero-order valence-electron chi connectivity index (χ0n) is 16.9. The summed E-state index contributed by atoms with van der Waals surface area (Å²) in [4.78, 5) is 48.1. The number of nitrogens with two attached hydrogens (primary N) is 1. The lowest BCUT2D eigenvalue weighted by Crippen LogP contribution is -2.46. The lowest BCUT2D eigenvalue weighted by molar-refractivity contribution is -0.134. The van der Waals surface area contributed by atoms with E-state index in [0.717, 1.165) is 31.4 Å². The van der Waals surface area contributed by atoms with Crippen molar-refractivity contribution in [2.45, 2.75) is 44.6 Å². The zero-order valence-corrected chi connectivity index (χ0v) is 16.9. The number of carbonyl (C=O) groups excluding carboxylic acids is 3. The van der Waals surface area contributed by atoms with Crippen LogP contribution in [0, 0.1) is 5.92 Å². The van der Waals surface area contributed by atoms with E-state index in [9.17, 15) is 14.4 Å². The molecular formula is C21H27N5O4. The number of aryl methyl sites for hydroxylation is 1. The molecule has 160 valence electrons. The molecule has 1 aliphatic heterocycles. The van der Waals surface area contributed by atoms with Crippen LogP contribution in [0.25, 0.3) is 0 Å². The smallest absolute Gasteiger partial charge is 0.289 e. The van der Waals surface area contributed by atoms with Gasteiger partial charge in [-0.1, -0.05) is 12.8 Å². The highest BCUT2D eigenvalue weighted by Crippen LogP contribution is 2.32. The predicted octanol–water partition coefficient (Wildman–Crippen LogP) is 1.58. The fourth-order valence-electron chi connectivity index (χ4n) is 4.62. The number of primary amides is 1. The predicted molar refractivity (Wildman–Crippen MR) is 107 cm³/mol. The number of aromatic amines is 1. The van der Waals surface area contributed by atoms with Crippen LogP contribution in [0.4, 0.5) is 0 Å². The third-order valence-electron chi connectivity index (χ3n) is 6.17. The summed E-state index contributed by atoms with van der Waals surface area (Å²) in [7, 11) is 0.